The van der Waals surface area contributed by atoms with Crippen molar-refractivity contribution < 1.29 is 19.2 Å². The van der Waals surface area contributed by atoms with E-state index in [-0.39, 0.29) is 35.6 Å². The van der Waals surface area contributed by atoms with Crippen LogP contribution in [0, 0.1) is 5.41 Å². The fraction of sp³-hybridized carbons (Fsp3) is 0.533. The molecule has 14 heteroatoms. The first-order valence-corrected chi connectivity index (χ1v) is 21.5. The minimum absolute atomic E-state index is 0.0314. The molecule has 9 rings (SSSR count). The van der Waals surface area contributed by atoms with E-state index in [0.29, 0.717) is 23.9 Å². The molecule has 7 heterocycles. The molecule has 4 amide bonds. The molecule has 0 radical (unpaired) electrons. The zero-order valence-electron chi connectivity index (χ0n) is 35.4. The van der Waals surface area contributed by atoms with Crippen LogP contribution in [-0.2, 0) is 19.8 Å². The Kier molecular flexibility index (Phi) is 10.9. The van der Waals surface area contributed by atoms with Crippen LogP contribution in [-0.4, -0.2) is 94.4 Å². The Labute approximate surface area is 346 Å². The Morgan fingerprint density at radius 1 is 0.915 bits per heavy atom. The smallest absolute Gasteiger partial charge is 0.270 e. The Morgan fingerprint density at radius 3 is 2.27 bits per heavy atom. The molecule has 1 saturated carbocycles. The first-order valence-electron chi connectivity index (χ1n) is 21.5. The van der Waals surface area contributed by atoms with E-state index in [9.17, 15) is 19.2 Å². The zero-order valence-corrected chi connectivity index (χ0v) is 35.4. The van der Waals surface area contributed by atoms with Gasteiger partial charge in [-0.2, -0.15) is 4.98 Å². The monoisotopic (exact) mass is 802 g/mol. The lowest BCUT2D eigenvalue weighted by Crippen LogP contribution is -2.61. The van der Waals surface area contributed by atoms with Gasteiger partial charge in [-0.25, -0.2) is 9.97 Å². The number of rotatable bonds is 8. The summed E-state index contributed by atoms with van der Waals surface area (Å²) in [6.07, 6.45) is 13.3. The van der Waals surface area contributed by atoms with Crippen LogP contribution in [0.1, 0.15) is 114 Å². The minimum atomic E-state index is -0.788. The van der Waals surface area contributed by atoms with Gasteiger partial charge in [0.05, 0.1) is 23.0 Å². The molecular weight excluding hydrogens is 745 g/mol. The van der Waals surface area contributed by atoms with E-state index in [1.807, 2.05) is 44.3 Å². The van der Waals surface area contributed by atoms with Crippen molar-refractivity contribution >= 4 is 63.5 Å². The highest BCUT2D eigenvalue weighted by molar-refractivity contribution is 6.15. The molecule has 4 fully saturated rings. The molecule has 1 atom stereocenters. The van der Waals surface area contributed by atoms with Gasteiger partial charge in [0.25, 0.3) is 5.91 Å². The molecule has 5 aliphatic rings. The van der Waals surface area contributed by atoms with E-state index < -0.39 is 17.4 Å². The van der Waals surface area contributed by atoms with Gasteiger partial charge in [-0.1, -0.05) is 45.6 Å². The van der Waals surface area contributed by atoms with Crippen molar-refractivity contribution in [2.75, 3.05) is 60.3 Å². The number of hydrogen-bond acceptors (Lipinski definition) is 10. The van der Waals surface area contributed by atoms with Gasteiger partial charge in [0, 0.05) is 81.0 Å². The molecule has 1 unspecified atom stereocenters. The maximum Gasteiger partial charge on any atom is 0.270 e. The highest BCUT2D eigenvalue weighted by atomic mass is 16.2. The number of carbonyl (C=O) groups is 4. The number of aromatic nitrogens is 4. The van der Waals surface area contributed by atoms with Crippen LogP contribution in [0.25, 0.3) is 11.0 Å². The maximum atomic E-state index is 13.8. The number of imide groups is 1. The third kappa shape index (κ3) is 7.39. The summed E-state index contributed by atoms with van der Waals surface area (Å²) in [6, 6.07) is 11.5. The Bertz CT molecular complexity index is 2240. The molecule has 3 aromatic heterocycles. The van der Waals surface area contributed by atoms with E-state index in [1.165, 1.54) is 12.8 Å². The number of benzene rings is 1. The standard InChI is InChI=1S/C41H48N10O4.C4H10/c1-40(2)34-28(10-7-11-29(34)51(38(40)55)30-13-15-33(52)45-36(30)53)49-23-41(24-49)16-18-48(19-17-41)27-12-14-32(42-22-27)44-39-43-21-25-20-31(37(54)47(3)4)50(35(25)46-39)26-8-5-6-9-26;1-3-4-2/h7,10-12,14,20-22,26,30H,5-6,8-9,13,15-19,23-24H2,1-4H3,(H,45,52,53)(H,42,43,44,46);3-4H2,1-2H3. The SMILES string of the molecule is CCCC.CN(C)C(=O)c1cc2cnc(Nc3ccc(N4CCC5(CC4)CN(c4cccc6c4C(C)(C)C(=O)N6C4CCC(=O)NC4=O)C5)cn3)nc2n1C1CCCC1. The van der Waals surface area contributed by atoms with Crippen LogP contribution in [0.15, 0.2) is 48.8 Å². The lowest BCUT2D eigenvalue weighted by Gasteiger charge is -2.56. The summed E-state index contributed by atoms with van der Waals surface area (Å²) in [5, 5.41) is 6.56. The van der Waals surface area contributed by atoms with Crippen LogP contribution in [0.5, 0.6) is 0 Å². The fourth-order valence-electron chi connectivity index (χ4n) is 9.63. The number of fused-ring (bicyclic) bond motifs is 2. The number of carbonyl (C=O) groups excluding carboxylic acids is 4. The highest BCUT2D eigenvalue weighted by Crippen LogP contribution is 2.52. The van der Waals surface area contributed by atoms with Gasteiger partial charge in [-0.15, -0.1) is 0 Å². The van der Waals surface area contributed by atoms with E-state index >= 15 is 0 Å². The van der Waals surface area contributed by atoms with Crippen LogP contribution in [0.3, 0.4) is 0 Å². The van der Waals surface area contributed by atoms with Gasteiger partial charge < -0.3 is 24.6 Å². The predicted molar refractivity (Wildman–Crippen MR) is 230 cm³/mol. The van der Waals surface area contributed by atoms with Crippen LogP contribution < -0.4 is 25.3 Å². The van der Waals surface area contributed by atoms with Gasteiger partial charge in [0.15, 0.2) is 0 Å². The van der Waals surface area contributed by atoms with Crippen molar-refractivity contribution in [3.05, 3.63) is 60.0 Å². The lowest BCUT2D eigenvalue weighted by atomic mass is 9.71. The topological polar surface area (TPSA) is 149 Å². The molecule has 3 saturated heterocycles. The highest BCUT2D eigenvalue weighted by Gasteiger charge is 2.53. The maximum absolute atomic E-state index is 13.8. The summed E-state index contributed by atoms with van der Waals surface area (Å²) in [7, 11) is 3.55. The molecule has 4 aliphatic heterocycles. The Balaban J connectivity index is 0.00000116. The second-order valence-corrected chi connectivity index (χ2v) is 17.8. The van der Waals surface area contributed by atoms with Crippen LogP contribution >= 0.6 is 0 Å². The van der Waals surface area contributed by atoms with Crippen LogP contribution in [0.2, 0.25) is 0 Å². The largest absolute Gasteiger partial charge is 0.370 e. The quantitative estimate of drug-likeness (QED) is 0.184. The number of unbranched alkanes of at least 4 members (excludes halogenated alkanes) is 1. The average molecular weight is 803 g/mol. The molecule has 0 bridgehead atoms. The molecular formula is C45H58N10O4. The molecule has 1 aromatic carbocycles. The van der Waals surface area contributed by atoms with E-state index in [0.717, 1.165) is 98.4 Å². The molecule has 4 aromatic rings. The normalized spacial score (nSPS) is 20.9. The average Bonchev–Trinajstić information content (AvgIpc) is 3.93. The number of pyridine rings is 1. The second-order valence-electron chi connectivity index (χ2n) is 17.8. The van der Waals surface area contributed by atoms with Crippen molar-refractivity contribution in [3.8, 4) is 0 Å². The summed E-state index contributed by atoms with van der Waals surface area (Å²) in [5.74, 6) is 0.281. The third-order valence-electron chi connectivity index (χ3n) is 13.1. The van der Waals surface area contributed by atoms with E-state index in [2.05, 4.69) is 56.0 Å². The van der Waals surface area contributed by atoms with Gasteiger partial charge in [0.2, 0.25) is 23.7 Å². The molecule has 1 spiro atoms. The second kappa shape index (κ2) is 15.9. The van der Waals surface area contributed by atoms with Gasteiger partial charge >= 0.3 is 0 Å². The number of nitrogens with one attached hydrogen (secondary N) is 2. The first kappa shape index (κ1) is 40.3. The van der Waals surface area contributed by atoms with Gasteiger partial charge in [-0.3, -0.25) is 29.4 Å². The predicted octanol–water partition coefficient (Wildman–Crippen LogP) is 6.73. The molecule has 1 aliphatic carbocycles. The fourth-order valence-corrected chi connectivity index (χ4v) is 9.63. The third-order valence-corrected chi connectivity index (χ3v) is 13.1. The van der Waals surface area contributed by atoms with Crippen molar-refractivity contribution in [3.63, 3.8) is 0 Å². The minimum Gasteiger partial charge on any atom is -0.370 e. The Hall–Kier alpha value is -5.53. The lowest BCUT2D eigenvalue weighted by molar-refractivity contribution is -0.136. The van der Waals surface area contributed by atoms with Gasteiger partial charge in [0.1, 0.15) is 23.2 Å². The van der Waals surface area contributed by atoms with Gasteiger partial charge in [-0.05, 0) is 76.3 Å². The summed E-state index contributed by atoms with van der Waals surface area (Å²) < 4.78 is 2.12. The molecule has 2 N–H and O–H groups in total. The summed E-state index contributed by atoms with van der Waals surface area (Å²) >= 11 is 0. The van der Waals surface area contributed by atoms with Crippen molar-refractivity contribution in [1.82, 2.24) is 29.7 Å². The molecule has 14 nitrogen and oxygen atoms in total. The van der Waals surface area contributed by atoms with E-state index in [1.54, 1.807) is 30.1 Å². The first-order chi connectivity index (χ1) is 28.3. The number of hydrogen-bond donors (Lipinski definition) is 2. The summed E-state index contributed by atoms with van der Waals surface area (Å²) in [5.41, 5.74) is 4.71. The van der Waals surface area contributed by atoms with Crippen molar-refractivity contribution in [2.24, 2.45) is 5.41 Å². The van der Waals surface area contributed by atoms with Crippen LogP contribution in [0.4, 0.5) is 28.8 Å². The van der Waals surface area contributed by atoms with Crippen molar-refractivity contribution in [2.45, 2.75) is 109 Å². The molecule has 59 heavy (non-hydrogen) atoms. The van der Waals surface area contributed by atoms with Crippen molar-refractivity contribution in [1.29, 1.82) is 0 Å². The number of nitrogens with zero attached hydrogens (tertiary/aromatic N) is 8. The van der Waals surface area contributed by atoms with E-state index in [4.69, 9.17) is 9.97 Å². The Morgan fingerprint density at radius 2 is 1.63 bits per heavy atom. The number of anilines is 5. The zero-order chi connectivity index (χ0) is 41.6. The molecule has 312 valence electrons. The number of piperidine rings is 2. The summed E-state index contributed by atoms with van der Waals surface area (Å²) in [4.78, 5) is 73.8. The number of amides is 4. The summed E-state index contributed by atoms with van der Waals surface area (Å²) in [6.45, 7) is 11.9.